The Balaban J connectivity index is 1.58. The SMILES string of the molecule is Cc1noc2nc(C3CC3)cc(C(=O)NCC(N)c3ccccc3)c12. The van der Waals surface area contributed by atoms with E-state index in [0.717, 1.165) is 24.1 Å². The molecule has 1 fully saturated rings. The number of carbonyl (C=O) groups is 1. The fraction of sp³-hybridized carbons (Fsp3) is 0.316. The first-order valence-electron chi connectivity index (χ1n) is 8.49. The molecular weight excluding hydrogens is 316 g/mol. The Morgan fingerprint density at radius 1 is 1.36 bits per heavy atom. The molecule has 0 spiro atoms. The van der Waals surface area contributed by atoms with Gasteiger partial charge >= 0.3 is 0 Å². The van der Waals surface area contributed by atoms with Crippen LogP contribution in [0.15, 0.2) is 40.9 Å². The molecule has 1 amide bonds. The maximum absolute atomic E-state index is 12.8. The van der Waals surface area contributed by atoms with Crippen LogP contribution in [-0.2, 0) is 0 Å². The van der Waals surface area contributed by atoms with Crippen molar-refractivity contribution in [2.24, 2.45) is 5.73 Å². The summed E-state index contributed by atoms with van der Waals surface area (Å²) in [7, 11) is 0. The van der Waals surface area contributed by atoms with Crippen molar-refractivity contribution in [1.82, 2.24) is 15.5 Å². The Labute approximate surface area is 145 Å². The summed E-state index contributed by atoms with van der Waals surface area (Å²) in [5.41, 5.74) is 9.73. The molecule has 0 bridgehead atoms. The third-order valence-electron chi connectivity index (χ3n) is 4.59. The second-order valence-electron chi connectivity index (χ2n) is 6.54. The summed E-state index contributed by atoms with van der Waals surface area (Å²) in [5.74, 6) is 0.250. The molecule has 25 heavy (non-hydrogen) atoms. The summed E-state index contributed by atoms with van der Waals surface area (Å²) in [6.45, 7) is 2.17. The number of amides is 1. The van der Waals surface area contributed by atoms with Crippen LogP contribution >= 0.6 is 0 Å². The van der Waals surface area contributed by atoms with E-state index >= 15 is 0 Å². The number of rotatable bonds is 5. The van der Waals surface area contributed by atoms with E-state index in [1.165, 1.54) is 0 Å². The Morgan fingerprint density at radius 3 is 2.84 bits per heavy atom. The van der Waals surface area contributed by atoms with Crippen LogP contribution in [0.3, 0.4) is 0 Å². The summed E-state index contributed by atoms with van der Waals surface area (Å²) >= 11 is 0. The number of aryl methyl sites for hydroxylation is 1. The number of nitrogens with zero attached hydrogens (tertiary/aromatic N) is 2. The van der Waals surface area contributed by atoms with Gasteiger partial charge in [-0.05, 0) is 31.4 Å². The lowest BCUT2D eigenvalue weighted by atomic mass is 10.1. The van der Waals surface area contributed by atoms with Gasteiger partial charge in [0.2, 0.25) is 0 Å². The Bertz CT molecular complexity index is 916. The molecule has 0 saturated heterocycles. The molecule has 128 valence electrons. The zero-order chi connectivity index (χ0) is 17.4. The van der Waals surface area contributed by atoms with Gasteiger partial charge in [-0.3, -0.25) is 4.79 Å². The predicted molar refractivity (Wildman–Crippen MR) is 94.2 cm³/mol. The summed E-state index contributed by atoms with van der Waals surface area (Å²) in [6, 6.07) is 11.3. The number of aromatic nitrogens is 2. The van der Waals surface area contributed by atoms with Crippen LogP contribution in [0.5, 0.6) is 0 Å². The van der Waals surface area contributed by atoms with Crippen LogP contribution in [0.4, 0.5) is 0 Å². The van der Waals surface area contributed by atoms with Crippen molar-refractivity contribution in [3.05, 3.63) is 58.9 Å². The molecule has 3 N–H and O–H groups in total. The molecular formula is C19H20N4O2. The summed E-state index contributed by atoms with van der Waals surface area (Å²) < 4.78 is 5.29. The molecule has 1 aliphatic rings. The van der Waals surface area contributed by atoms with Gasteiger partial charge in [-0.1, -0.05) is 35.5 Å². The maximum atomic E-state index is 12.8. The smallest absolute Gasteiger partial charge is 0.259 e. The van der Waals surface area contributed by atoms with Crippen molar-refractivity contribution in [3.63, 3.8) is 0 Å². The molecule has 1 atom stereocenters. The van der Waals surface area contributed by atoms with Gasteiger partial charge in [0.05, 0.1) is 16.6 Å². The first-order chi connectivity index (χ1) is 12.1. The van der Waals surface area contributed by atoms with Crippen LogP contribution in [-0.4, -0.2) is 22.6 Å². The Hall–Kier alpha value is -2.73. The number of nitrogens with one attached hydrogen (secondary N) is 1. The molecule has 1 aliphatic carbocycles. The average molecular weight is 336 g/mol. The molecule has 0 radical (unpaired) electrons. The number of pyridine rings is 1. The second kappa shape index (κ2) is 6.29. The van der Waals surface area contributed by atoms with Gasteiger partial charge < -0.3 is 15.6 Å². The van der Waals surface area contributed by atoms with Gasteiger partial charge in [0.25, 0.3) is 11.6 Å². The van der Waals surface area contributed by atoms with Gasteiger partial charge in [0.15, 0.2) is 0 Å². The lowest BCUT2D eigenvalue weighted by molar-refractivity contribution is 0.0952. The van der Waals surface area contributed by atoms with Crippen molar-refractivity contribution >= 4 is 17.0 Å². The van der Waals surface area contributed by atoms with Crippen LogP contribution in [0.2, 0.25) is 0 Å². The quantitative estimate of drug-likeness (QED) is 0.747. The summed E-state index contributed by atoms with van der Waals surface area (Å²) in [5, 5.41) is 7.57. The van der Waals surface area contributed by atoms with Crippen molar-refractivity contribution in [2.45, 2.75) is 31.7 Å². The van der Waals surface area contributed by atoms with Crippen LogP contribution in [0.25, 0.3) is 11.1 Å². The number of hydrogen-bond acceptors (Lipinski definition) is 5. The van der Waals surface area contributed by atoms with E-state index in [1.807, 2.05) is 43.3 Å². The van der Waals surface area contributed by atoms with Crippen molar-refractivity contribution in [1.29, 1.82) is 0 Å². The van der Waals surface area contributed by atoms with Gasteiger partial charge in [-0.2, -0.15) is 0 Å². The lowest BCUT2D eigenvalue weighted by Gasteiger charge is -2.14. The van der Waals surface area contributed by atoms with E-state index in [4.69, 9.17) is 10.3 Å². The predicted octanol–water partition coefficient (Wildman–Crippen LogP) is 2.84. The molecule has 3 aromatic rings. The Kier molecular flexibility index (Phi) is 3.97. The van der Waals surface area contributed by atoms with Crippen LogP contribution in [0, 0.1) is 6.92 Å². The first-order valence-corrected chi connectivity index (χ1v) is 8.49. The molecule has 0 aliphatic heterocycles. The fourth-order valence-corrected chi connectivity index (χ4v) is 3.00. The highest BCUT2D eigenvalue weighted by Crippen LogP contribution is 2.40. The topological polar surface area (TPSA) is 94.0 Å². The zero-order valence-corrected chi connectivity index (χ0v) is 14.0. The standard InChI is InChI=1S/C19H20N4O2/c1-11-17-14(9-16(13-7-8-13)22-19(17)25-23-11)18(24)21-10-15(20)12-5-3-2-4-6-12/h2-6,9,13,15H,7-8,10,20H2,1H3,(H,21,24). The molecule has 1 saturated carbocycles. The third kappa shape index (κ3) is 3.13. The molecule has 6 nitrogen and oxygen atoms in total. The zero-order valence-electron chi connectivity index (χ0n) is 14.0. The summed E-state index contributed by atoms with van der Waals surface area (Å²) in [4.78, 5) is 17.3. The normalized spacial score (nSPS) is 15.3. The van der Waals surface area contributed by atoms with Crippen molar-refractivity contribution in [2.75, 3.05) is 6.54 Å². The minimum Gasteiger partial charge on any atom is -0.350 e. The lowest BCUT2D eigenvalue weighted by Crippen LogP contribution is -2.32. The number of fused-ring (bicyclic) bond motifs is 1. The average Bonchev–Trinajstić information content (AvgIpc) is 3.43. The van der Waals surface area contributed by atoms with E-state index in [1.54, 1.807) is 0 Å². The van der Waals surface area contributed by atoms with E-state index < -0.39 is 0 Å². The molecule has 1 aromatic carbocycles. The Morgan fingerprint density at radius 2 is 2.12 bits per heavy atom. The molecule has 2 heterocycles. The molecule has 1 unspecified atom stereocenters. The van der Waals surface area contributed by atoms with Gasteiger partial charge in [-0.15, -0.1) is 0 Å². The van der Waals surface area contributed by atoms with Crippen molar-refractivity contribution < 1.29 is 9.32 Å². The fourth-order valence-electron chi connectivity index (χ4n) is 3.00. The second-order valence-corrected chi connectivity index (χ2v) is 6.54. The number of benzene rings is 1. The maximum Gasteiger partial charge on any atom is 0.259 e. The number of nitrogens with two attached hydrogens (primary N) is 1. The molecule has 4 rings (SSSR count). The minimum atomic E-state index is -0.256. The highest BCUT2D eigenvalue weighted by Gasteiger charge is 2.28. The first kappa shape index (κ1) is 15.8. The minimum absolute atomic E-state index is 0.174. The molecule has 6 heteroatoms. The molecule has 2 aromatic heterocycles. The number of hydrogen-bond donors (Lipinski definition) is 2. The van der Waals surface area contributed by atoms with E-state index in [9.17, 15) is 4.79 Å². The number of carbonyl (C=O) groups excluding carboxylic acids is 1. The van der Waals surface area contributed by atoms with Crippen LogP contribution < -0.4 is 11.1 Å². The van der Waals surface area contributed by atoms with Gasteiger partial charge in [0, 0.05) is 24.2 Å². The highest BCUT2D eigenvalue weighted by molar-refractivity contribution is 6.06. The van der Waals surface area contributed by atoms with Gasteiger partial charge in [-0.25, -0.2) is 4.98 Å². The third-order valence-corrected chi connectivity index (χ3v) is 4.59. The monoisotopic (exact) mass is 336 g/mol. The van der Waals surface area contributed by atoms with E-state index in [-0.39, 0.29) is 11.9 Å². The van der Waals surface area contributed by atoms with Crippen LogP contribution in [0.1, 0.15) is 52.1 Å². The van der Waals surface area contributed by atoms with E-state index in [0.29, 0.717) is 34.8 Å². The largest absolute Gasteiger partial charge is 0.350 e. The van der Waals surface area contributed by atoms with Crippen molar-refractivity contribution in [3.8, 4) is 0 Å². The highest BCUT2D eigenvalue weighted by atomic mass is 16.5. The summed E-state index contributed by atoms with van der Waals surface area (Å²) in [6.07, 6.45) is 2.21. The van der Waals surface area contributed by atoms with Gasteiger partial charge in [0.1, 0.15) is 0 Å². The van der Waals surface area contributed by atoms with E-state index in [2.05, 4.69) is 15.5 Å².